The Balaban J connectivity index is 1.75. The molecule has 2 N–H and O–H groups in total. The van der Waals surface area contributed by atoms with Gasteiger partial charge in [0.2, 0.25) is 5.91 Å². The van der Waals surface area contributed by atoms with E-state index >= 15 is 0 Å². The molecule has 1 aliphatic carbocycles. The predicted octanol–water partition coefficient (Wildman–Crippen LogP) is 1.91. The van der Waals surface area contributed by atoms with Crippen LogP contribution in [0.4, 0.5) is 0 Å². The first-order valence-corrected chi connectivity index (χ1v) is 7.37. The fourth-order valence-corrected chi connectivity index (χ4v) is 3.88. The zero-order valence-electron chi connectivity index (χ0n) is 10.2. The lowest BCUT2D eigenvalue weighted by Gasteiger charge is -2.41. The molecule has 3 nitrogen and oxygen atoms in total. The Morgan fingerprint density at radius 2 is 2.22 bits per heavy atom. The summed E-state index contributed by atoms with van der Waals surface area (Å²) in [4.78, 5) is 13.6. The molecule has 1 unspecified atom stereocenters. The summed E-state index contributed by atoms with van der Waals surface area (Å²) in [6, 6.07) is 8.09. The van der Waals surface area contributed by atoms with Crippen LogP contribution in [0.2, 0.25) is 0 Å². The fourth-order valence-electron chi connectivity index (χ4n) is 2.65. The SMILES string of the molecule is O=C(NC1(CO)CCC1)C1CSc2ccccc21. The average Bonchev–Trinajstić information content (AvgIpc) is 2.77. The van der Waals surface area contributed by atoms with E-state index in [9.17, 15) is 9.90 Å². The largest absolute Gasteiger partial charge is 0.394 e. The number of carbonyl (C=O) groups is 1. The molecule has 1 heterocycles. The van der Waals surface area contributed by atoms with Crippen LogP contribution in [0.25, 0.3) is 0 Å². The summed E-state index contributed by atoms with van der Waals surface area (Å²) in [5, 5.41) is 12.5. The summed E-state index contributed by atoms with van der Waals surface area (Å²) in [5.74, 6) is 0.823. The highest BCUT2D eigenvalue weighted by Gasteiger charge is 2.40. The Hall–Kier alpha value is -1.00. The third-order valence-electron chi connectivity index (χ3n) is 4.02. The number of carbonyl (C=O) groups excluding carboxylic acids is 1. The Morgan fingerprint density at radius 3 is 2.89 bits per heavy atom. The van der Waals surface area contributed by atoms with E-state index in [0.29, 0.717) is 0 Å². The molecular weight excluding hydrogens is 246 g/mol. The van der Waals surface area contributed by atoms with Crippen LogP contribution >= 0.6 is 11.8 Å². The molecule has 96 valence electrons. The molecule has 2 aliphatic rings. The van der Waals surface area contributed by atoms with Crippen LogP contribution in [0.3, 0.4) is 0 Å². The molecule has 0 radical (unpaired) electrons. The quantitative estimate of drug-likeness (QED) is 0.876. The van der Waals surface area contributed by atoms with Crippen molar-refractivity contribution in [3.05, 3.63) is 29.8 Å². The van der Waals surface area contributed by atoms with Crippen LogP contribution in [0.15, 0.2) is 29.2 Å². The molecule has 1 amide bonds. The summed E-state index contributed by atoms with van der Waals surface area (Å²) < 4.78 is 0. The van der Waals surface area contributed by atoms with Crippen LogP contribution in [-0.4, -0.2) is 28.9 Å². The molecule has 1 fully saturated rings. The van der Waals surface area contributed by atoms with Crippen molar-refractivity contribution in [1.82, 2.24) is 5.32 Å². The third kappa shape index (κ3) is 1.93. The zero-order valence-corrected chi connectivity index (χ0v) is 11.0. The van der Waals surface area contributed by atoms with E-state index in [-0.39, 0.29) is 24.0 Å². The summed E-state index contributed by atoms with van der Waals surface area (Å²) >= 11 is 1.74. The van der Waals surface area contributed by atoms with E-state index in [1.165, 1.54) is 4.90 Å². The Kier molecular flexibility index (Phi) is 3.08. The number of aliphatic hydroxyl groups excluding tert-OH is 1. The van der Waals surface area contributed by atoms with Crippen molar-refractivity contribution in [3.63, 3.8) is 0 Å². The van der Waals surface area contributed by atoms with E-state index in [0.717, 1.165) is 30.6 Å². The number of nitrogens with one attached hydrogen (secondary N) is 1. The molecular formula is C14H17NO2S. The normalized spacial score (nSPS) is 24.2. The zero-order chi connectivity index (χ0) is 12.6. The van der Waals surface area contributed by atoms with Gasteiger partial charge in [-0.2, -0.15) is 0 Å². The number of benzene rings is 1. The smallest absolute Gasteiger partial charge is 0.228 e. The lowest BCUT2D eigenvalue weighted by Crippen LogP contribution is -2.57. The van der Waals surface area contributed by atoms with E-state index in [1.807, 2.05) is 18.2 Å². The van der Waals surface area contributed by atoms with Gasteiger partial charge in [0.1, 0.15) is 0 Å². The van der Waals surface area contributed by atoms with Gasteiger partial charge in [-0.1, -0.05) is 18.2 Å². The van der Waals surface area contributed by atoms with Gasteiger partial charge in [-0.15, -0.1) is 11.8 Å². The molecule has 1 aliphatic heterocycles. The highest BCUT2D eigenvalue weighted by atomic mass is 32.2. The van der Waals surface area contributed by atoms with Gasteiger partial charge in [0.25, 0.3) is 0 Å². The van der Waals surface area contributed by atoms with Crippen molar-refractivity contribution in [2.24, 2.45) is 0 Å². The molecule has 0 saturated heterocycles. The molecule has 1 aromatic rings. The van der Waals surface area contributed by atoms with E-state index in [4.69, 9.17) is 0 Å². The van der Waals surface area contributed by atoms with Gasteiger partial charge in [0.05, 0.1) is 18.1 Å². The summed E-state index contributed by atoms with van der Waals surface area (Å²) in [6.07, 6.45) is 2.89. The van der Waals surface area contributed by atoms with Crippen LogP contribution in [0.1, 0.15) is 30.7 Å². The van der Waals surface area contributed by atoms with Crippen molar-refractivity contribution in [2.45, 2.75) is 35.6 Å². The molecule has 3 rings (SSSR count). The van der Waals surface area contributed by atoms with E-state index in [2.05, 4.69) is 11.4 Å². The standard InChI is InChI=1S/C14H17NO2S/c16-9-14(6-3-7-14)15-13(17)11-8-18-12-5-2-1-4-10(11)12/h1-2,4-5,11,16H,3,6-9H2,(H,15,17). The maximum absolute atomic E-state index is 12.3. The minimum atomic E-state index is -0.334. The molecule has 0 bridgehead atoms. The van der Waals surface area contributed by atoms with Crippen molar-refractivity contribution >= 4 is 17.7 Å². The topological polar surface area (TPSA) is 49.3 Å². The van der Waals surface area contributed by atoms with E-state index in [1.54, 1.807) is 11.8 Å². The second-order valence-electron chi connectivity index (χ2n) is 5.18. The molecule has 18 heavy (non-hydrogen) atoms. The summed E-state index contributed by atoms with van der Waals surface area (Å²) in [5.41, 5.74) is 0.798. The van der Waals surface area contributed by atoms with Gasteiger partial charge >= 0.3 is 0 Å². The predicted molar refractivity (Wildman–Crippen MR) is 71.7 cm³/mol. The molecule has 1 aromatic carbocycles. The Bertz CT molecular complexity index is 465. The van der Waals surface area contributed by atoms with Gasteiger partial charge < -0.3 is 10.4 Å². The molecule has 4 heteroatoms. The van der Waals surface area contributed by atoms with Crippen molar-refractivity contribution in [3.8, 4) is 0 Å². The number of amides is 1. The first-order chi connectivity index (χ1) is 8.74. The number of fused-ring (bicyclic) bond motifs is 1. The lowest BCUT2D eigenvalue weighted by molar-refractivity contribution is -0.126. The summed E-state index contributed by atoms with van der Waals surface area (Å²) in [6.45, 7) is 0.0558. The minimum Gasteiger partial charge on any atom is -0.394 e. The van der Waals surface area contributed by atoms with Gasteiger partial charge in [0.15, 0.2) is 0 Å². The highest BCUT2D eigenvalue weighted by molar-refractivity contribution is 7.99. The van der Waals surface area contributed by atoms with Crippen molar-refractivity contribution < 1.29 is 9.90 Å². The number of hydrogen-bond acceptors (Lipinski definition) is 3. The third-order valence-corrected chi connectivity index (χ3v) is 5.20. The monoisotopic (exact) mass is 263 g/mol. The highest BCUT2D eigenvalue weighted by Crippen LogP contribution is 2.40. The van der Waals surface area contributed by atoms with Crippen molar-refractivity contribution in [2.75, 3.05) is 12.4 Å². The van der Waals surface area contributed by atoms with Gasteiger partial charge in [-0.25, -0.2) is 0 Å². The van der Waals surface area contributed by atoms with Crippen molar-refractivity contribution in [1.29, 1.82) is 0 Å². The number of rotatable bonds is 3. The minimum absolute atomic E-state index is 0.0558. The molecule has 0 aromatic heterocycles. The fraction of sp³-hybridized carbons (Fsp3) is 0.500. The molecule has 1 atom stereocenters. The van der Waals surface area contributed by atoms with Gasteiger partial charge in [0, 0.05) is 10.6 Å². The first-order valence-electron chi connectivity index (χ1n) is 6.39. The van der Waals surface area contributed by atoms with Crippen LogP contribution in [0, 0.1) is 0 Å². The molecule has 0 spiro atoms. The lowest BCUT2D eigenvalue weighted by atomic mass is 9.77. The second kappa shape index (κ2) is 4.59. The maximum Gasteiger partial charge on any atom is 0.228 e. The van der Waals surface area contributed by atoms with E-state index < -0.39 is 0 Å². The summed E-state index contributed by atoms with van der Waals surface area (Å²) in [7, 11) is 0. The Labute approximate surface area is 111 Å². The Morgan fingerprint density at radius 1 is 1.44 bits per heavy atom. The first kappa shape index (κ1) is 12.1. The molecule has 1 saturated carbocycles. The number of hydrogen-bond donors (Lipinski definition) is 2. The number of aliphatic hydroxyl groups is 1. The average molecular weight is 263 g/mol. The maximum atomic E-state index is 12.3. The van der Waals surface area contributed by atoms with Gasteiger partial charge in [-0.3, -0.25) is 4.79 Å². The van der Waals surface area contributed by atoms with Crippen LogP contribution in [-0.2, 0) is 4.79 Å². The van der Waals surface area contributed by atoms with Gasteiger partial charge in [-0.05, 0) is 30.9 Å². The second-order valence-corrected chi connectivity index (χ2v) is 6.24. The van der Waals surface area contributed by atoms with Crippen LogP contribution < -0.4 is 5.32 Å². The number of thioether (sulfide) groups is 1. The van der Waals surface area contributed by atoms with Crippen LogP contribution in [0.5, 0.6) is 0 Å².